The first-order chi connectivity index (χ1) is 17.7. The van der Waals surface area contributed by atoms with E-state index < -0.39 is 15.3 Å². The molecule has 1 N–H and O–H groups in total. The molecular weight excluding hydrogens is 522 g/mol. The summed E-state index contributed by atoms with van der Waals surface area (Å²) >= 11 is 1.24. The minimum atomic E-state index is -3.65. The number of hydrogen-bond acceptors (Lipinski definition) is 7. The Bertz CT molecular complexity index is 1310. The number of aliphatic imine (C=N–C) groups is 1. The molecule has 3 rings (SSSR count). The van der Waals surface area contributed by atoms with Gasteiger partial charge in [0.25, 0.3) is 0 Å². The number of anilines is 1. The molecule has 11 heteroatoms. The molecule has 1 saturated heterocycles. The van der Waals surface area contributed by atoms with Crippen molar-refractivity contribution >= 4 is 50.1 Å². The summed E-state index contributed by atoms with van der Waals surface area (Å²) in [6, 6.07) is 13.9. The third-order valence-corrected chi connectivity index (χ3v) is 8.94. The van der Waals surface area contributed by atoms with Crippen molar-refractivity contribution in [1.29, 1.82) is 0 Å². The molecule has 0 saturated carbocycles. The van der Waals surface area contributed by atoms with E-state index in [-0.39, 0.29) is 28.5 Å². The van der Waals surface area contributed by atoms with Crippen molar-refractivity contribution in [3.8, 4) is 0 Å². The Morgan fingerprint density at radius 2 is 1.76 bits per heavy atom. The SMILES string of the molecule is Cc1ccc(S(=O)(=O)N(C)C)cc1N=C1S[C@@H](CC(=O)Nc2ccccc2)C(=O)N1CC(C)(C)CN(C)C. The number of rotatable bonds is 10. The predicted molar refractivity (Wildman–Crippen MR) is 154 cm³/mol. The van der Waals surface area contributed by atoms with Gasteiger partial charge in [-0.05, 0) is 56.3 Å². The Hall–Kier alpha value is -2.73. The van der Waals surface area contributed by atoms with Gasteiger partial charge in [-0.15, -0.1) is 0 Å². The summed E-state index contributed by atoms with van der Waals surface area (Å²) in [4.78, 5) is 35.0. The lowest BCUT2D eigenvalue weighted by molar-refractivity contribution is -0.129. The maximum absolute atomic E-state index is 13.6. The molecule has 1 atom stereocenters. The number of thioether (sulfide) groups is 1. The van der Waals surface area contributed by atoms with Gasteiger partial charge in [0.15, 0.2) is 5.17 Å². The normalized spacial score (nSPS) is 17.6. The number of nitrogens with one attached hydrogen (secondary N) is 1. The van der Waals surface area contributed by atoms with Gasteiger partial charge in [-0.2, -0.15) is 0 Å². The van der Waals surface area contributed by atoms with Crippen molar-refractivity contribution in [2.45, 2.75) is 37.3 Å². The molecule has 0 radical (unpaired) electrons. The fourth-order valence-corrected chi connectivity index (χ4v) is 6.36. The van der Waals surface area contributed by atoms with Crippen LogP contribution in [0.3, 0.4) is 0 Å². The van der Waals surface area contributed by atoms with E-state index >= 15 is 0 Å². The van der Waals surface area contributed by atoms with Crippen LogP contribution in [0.15, 0.2) is 58.4 Å². The van der Waals surface area contributed by atoms with E-state index in [2.05, 4.69) is 24.1 Å². The van der Waals surface area contributed by atoms with Crippen molar-refractivity contribution in [3.63, 3.8) is 0 Å². The van der Waals surface area contributed by atoms with Crippen molar-refractivity contribution in [2.75, 3.05) is 46.6 Å². The first kappa shape index (κ1) is 29.8. The number of amidine groups is 1. The monoisotopic (exact) mass is 559 g/mol. The third-order valence-electron chi connectivity index (χ3n) is 5.95. The molecule has 1 aliphatic heterocycles. The smallest absolute Gasteiger partial charge is 0.242 e. The highest BCUT2D eigenvalue weighted by Gasteiger charge is 2.41. The summed E-state index contributed by atoms with van der Waals surface area (Å²) < 4.78 is 26.6. The molecule has 0 aliphatic carbocycles. The minimum absolute atomic E-state index is 0.00391. The number of nitrogens with zero attached hydrogens (tertiary/aromatic N) is 4. The molecule has 0 unspecified atom stereocenters. The van der Waals surface area contributed by atoms with Crippen LogP contribution in [0.5, 0.6) is 0 Å². The van der Waals surface area contributed by atoms with Crippen LogP contribution in [-0.4, -0.2) is 86.0 Å². The Morgan fingerprint density at radius 3 is 2.37 bits per heavy atom. The topological polar surface area (TPSA) is 102 Å². The second-order valence-corrected chi connectivity index (χ2v) is 14.0. The molecule has 2 amide bonds. The van der Waals surface area contributed by atoms with Crippen molar-refractivity contribution in [3.05, 3.63) is 54.1 Å². The van der Waals surface area contributed by atoms with Crippen LogP contribution in [-0.2, 0) is 19.6 Å². The molecule has 1 heterocycles. The fourth-order valence-electron chi connectivity index (χ4n) is 4.29. The lowest BCUT2D eigenvalue weighted by Crippen LogP contribution is -2.43. The van der Waals surface area contributed by atoms with Gasteiger partial charge in [0.2, 0.25) is 21.8 Å². The van der Waals surface area contributed by atoms with E-state index in [0.29, 0.717) is 23.1 Å². The van der Waals surface area contributed by atoms with Crippen LogP contribution in [0.2, 0.25) is 0 Å². The highest BCUT2D eigenvalue weighted by atomic mass is 32.2. The molecule has 2 aromatic carbocycles. The van der Waals surface area contributed by atoms with E-state index in [4.69, 9.17) is 4.99 Å². The zero-order valence-corrected chi connectivity index (χ0v) is 24.7. The van der Waals surface area contributed by atoms with Gasteiger partial charge in [-0.3, -0.25) is 14.5 Å². The second-order valence-electron chi connectivity index (χ2n) is 10.7. The van der Waals surface area contributed by atoms with Gasteiger partial charge in [-0.25, -0.2) is 17.7 Å². The number of amides is 2. The second kappa shape index (κ2) is 12.0. The predicted octanol–water partition coefficient (Wildman–Crippen LogP) is 3.79. The summed E-state index contributed by atoms with van der Waals surface area (Å²) in [6.07, 6.45) is -0.00391. The van der Waals surface area contributed by atoms with Crippen LogP contribution < -0.4 is 5.32 Å². The number of aryl methyl sites for hydroxylation is 1. The van der Waals surface area contributed by atoms with E-state index in [1.54, 1.807) is 29.2 Å². The fraction of sp³-hybridized carbons (Fsp3) is 0.444. The van der Waals surface area contributed by atoms with Gasteiger partial charge in [-0.1, -0.05) is 49.9 Å². The molecule has 1 aliphatic rings. The number of benzene rings is 2. The Morgan fingerprint density at radius 1 is 1.11 bits per heavy atom. The Labute approximate surface area is 230 Å². The van der Waals surface area contributed by atoms with E-state index in [9.17, 15) is 18.0 Å². The summed E-state index contributed by atoms with van der Waals surface area (Å²) in [5, 5.41) is 2.67. The first-order valence-electron chi connectivity index (χ1n) is 12.3. The number of sulfonamides is 1. The summed E-state index contributed by atoms with van der Waals surface area (Å²) in [7, 11) is 3.26. The quantitative estimate of drug-likeness (QED) is 0.475. The summed E-state index contributed by atoms with van der Waals surface area (Å²) in [5.74, 6) is -0.440. The standard InChI is InChI=1S/C27H37N5O4S2/c1-19-13-14-21(38(35,36)31(6)7)15-22(19)29-26-32(18-27(2,3)17-30(4)5)25(34)23(37-26)16-24(33)28-20-11-9-8-10-12-20/h8-15,23H,16-18H2,1-7H3,(H,28,33)/t23-/m0/s1. The van der Waals surface area contributed by atoms with Gasteiger partial charge >= 0.3 is 0 Å². The highest BCUT2D eigenvalue weighted by molar-refractivity contribution is 8.15. The maximum Gasteiger partial charge on any atom is 0.242 e. The lowest BCUT2D eigenvalue weighted by Gasteiger charge is -2.32. The average Bonchev–Trinajstić information content (AvgIpc) is 3.08. The van der Waals surface area contributed by atoms with Crippen molar-refractivity contribution in [1.82, 2.24) is 14.1 Å². The van der Waals surface area contributed by atoms with Crippen molar-refractivity contribution in [2.24, 2.45) is 10.4 Å². The van der Waals surface area contributed by atoms with Crippen LogP contribution in [0, 0.1) is 12.3 Å². The number of carbonyl (C=O) groups excluding carboxylic acids is 2. The van der Waals surface area contributed by atoms with Crippen LogP contribution >= 0.6 is 11.8 Å². The Kier molecular flexibility index (Phi) is 9.40. The summed E-state index contributed by atoms with van der Waals surface area (Å²) in [6.45, 7) is 7.14. The van der Waals surface area contributed by atoms with E-state index in [1.807, 2.05) is 39.2 Å². The maximum atomic E-state index is 13.6. The largest absolute Gasteiger partial charge is 0.326 e. The third kappa shape index (κ3) is 7.43. The molecule has 0 bridgehead atoms. The zero-order valence-electron chi connectivity index (χ0n) is 23.1. The highest BCUT2D eigenvalue weighted by Crippen LogP contribution is 2.35. The molecule has 9 nitrogen and oxygen atoms in total. The minimum Gasteiger partial charge on any atom is -0.326 e. The van der Waals surface area contributed by atoms with Gasteiger partial charge in [0, 0.05) is 39.3 Å². The number of hydrogen-bond donors (Lipinski definition) is 1. The van der Waals surface area contributed by atoms with E-state index in [0.717, 1.165) is 16.4 Å². The molecular formula is C27H37N5O4S2. The van der Waals surface area contributed by atoms with E-state index in [1.165, 1.54) is 31.9 Å². The molecule has 0 aromatic heterocycles. The van der Waals surface area contributed by atoms with Crippen LogP contribution in [0.1, 0.15) is 25.8 Å². The Balaban J connectivity index is 1.95. The number of carbonyl (C=O) groups is 2. The number of para-hydroxylation sites is 1. The van der Waals surface area contributed by atoms with Gasteiger partial charge < -0.3 is 10.2 Å². The van der Waals surface area contributed by atoms with Gasteiger partial charge in [0.05, 0.1) is 10.6 Å². The molecule has 0 spiro atoms. The van der Waals surface area contributed by atoms with Crippen molar-refractivity contribution < 1.29 is 18.0 Å². The van der Waals surface area contributed by atoms with Gasteiger partial charge in [0.1, 0.15) is 5.25 Å². The molecule has 206 valence electrons. The first-order valence-corrected chi connectivity index (χ1v) is 14.6. The molecule has 1 fully saturated rings. The summed E-state index contributed by atoms with van der Waals surface area (Å²) in [5.41, 5.74) is 1.65. The molecule has 38 heavy (non-hydrogen) atoms. The zero-order chi connectivity index (χ0) is 28.3. The van der Waals surface area contributed by atoms with Crippen LogP contribution in [0.25, 0.3) is 0 Å². The average molecular weight is 560 g/mol. The lowest BCUT2D eigenvalue weighted by atomic mass is 9.92. The molecule has 2 aromatic rings. The van der Waals surface area contributed by atoms with Crippen LogP contribution in [0.4, 0.5) is 11.4 Å².